The van der Waals surface area contributed by atoms with Gasteiger partial charge in [0.25, 0.3) is 0 Å². The second kappa shape index (κ2) is 5.61. The van der Waals surface area contributed by atoms with Crippen LogP contribution in [-0.4, -0.2) is 49.1 Å². The maximum atomic E-state index is 2.63. The van der Waals surface area contributed by atoms with Crippen molar-refractivity contribution in [3.63, 3.8) is 0 Å². The van der Waals surface area contributed by atoms with Crippen molar-refractivity contribution in [3.05, 3.63) is 0 Å². The van der Waals surface area contributed by atoms with Gasteiger partial charge < -0.3 is 4.90 Å². The molecule has 0 aromatic carbocycles. The fraction of sp³-hybridized carbons (Fsp3) is 1.00. The lowest BCUT2D eigenvalue weighted by atomic mass is 10.0. The van der Waals surface area contributed by atoms with Crippen LogP contribution in [0.1, 0.15) is 33.1 Å². The highest BCUT2D eigenvalue weighted by Crippen LogP contribution is 2.16. The molecule has 1 aliphatic heterocycles. The van der Waals surface area contributed by atoms with Crippen LogP contribution in [0.15, 0.2) is 0 Å². The lowest BCUT2D eigenvalue weighted by Crippen LogP contribution is -2.45. The van der Waals surface area contributed by atoms with E-state index in [9.17, 15) is 0 Å². The molecule has 0 spiro atoms. The van der Waals surface area contributed by atoms with E-state index in [1.54, 1.807) is 0 Å². The van der Waals surface area contributed by atoms with Gasteiger partial charge in [-0.1, -0.05) is 20.3 Å². The number of nitrogens with zero attached hydrogens (tertiary/aromatic N) is 2. The fourth-order valence-electron chi connectivity index (χ4n) is 2.17. The van der Waals surface area contributed by atoms with Crippen molar-refractivity contribution in [2.24, 2.45) is 0 Å². The molecule has 78 valence electrons. The summed E-state index contributed by atoms with van der Waals surface area (Å²) in [6.07, 6.45) is 4.23. The molecule has 0 radical (unpaired) electrons. The highest BCUT2D eigenvalue weighted by atomic mass is 15.2. The van der Waals surface area contributed by atoms with E-state index in [0.29, 0.717) is 0 Å². The predicted octanol–water partition coefficient (Wildman–Crippen LogP) is 1.81. The molecule has 1 atom stereocenters. The topological polar surface area (TPSA) is 6.48 Å². The highest BCUT2D eigenvalue weighted by molar-refractivity contribution is 4.78. The lowest BCUT2D eigenvalue weighted by molar-refractivity contribution is 0.121. The van der Waals surface area contributed by atoms with Crippen LogP contribution >= 0.6 is 0 Å². The summed E-state index contributed by atoms with van der Waals surface area (Å²) in [5.74, 6) is 0. The largest absolute Gasteiger partial charge is 0.305 e. The van der Waals surface area contributed by atoms with E-state index in [0.717, 1.165) is 6.04 Å². The van der Waals surface area contributed by atoms with Gasteiger partial charge in [0.1, 0.15) is 0 Å². The van der Waals surface area contributed by atoms with Crippen molar-refractivity contribution in [1.29, 1.82) is 0 Å². The Bertz CT molecular complexity index is 136. The van der Waals surface area contributed by atoms with E-state index in [2.05, 4.69) is 30.7 Å². The van der Waals surface area contributed by atoms with Crippen LogP contribution in [0.25, 0.3) is 0 Å². The molecule has 13 heavy (non-hydrogen) atoms. The van der Waals surface area contributed by atoms with Crippen LogP contribution in [-0.2, 0) is 0 Å². The van der Waals surface area contributed by atoms with E-state index in [1.165, 1.54) is 45.4 Å². The number of likely N-dealkylation sites (N-methyl/N-ethyl adjacent to an activating group) is 2. The van der Waals surface area contributed by atoms with Gasteiger partial charge in [-0.15, -0.1) is 0 Å². The summed E-state index contributed by atoms with van der Waals surface area (Å²) in [5, 5.41) is 0. The number of hydrogen-bond acceptors (Lipinski definition) is 2. The van der Waals surface area contributed by atoms with Crippen LogP contribution in [0.4, 0.5) is 0 Å². The van der Waals surface area contributed by atoms with Gasteiger partial charge in [0.15, 0.2) is 0 Å². The van der Waals surface area contributed by atoms with Crippen LogP contribution in [0.2, 0.25) is 0 Å². The van der Waals surface area contributed by atoms with Crippen LogP contribution in [0.5, 0.6) is 0 Å². The first kappa shape index (κ1) is 11.0. The molecule has 1 saturated heterocycles. The molecular formula is C11H24N2. The Hall–Kier alpha value is -0.0800. The summed E-state index contributed by atoms with van der Waals surface area (Å²) < 4.78 is 0. The van der Waals surface area contributed by atoms with Crippen LogP contribution < -0.4 is 0 Å². The first-order chi connectivity index (χ1) is 6.27. The molecule has 0 saturated carbocycles. The quantitative estimate of drug-likeness (QED) is 0.657. The van der Waals surface area contributed by atoms with Gasteiger partial charge in [-0.2, -0.15) is 0 Å². The molecule has 0 N–H and O–H groups in total. The minimum atomic E-state index is 0.823. The molecule has 0 aromatic rings. The van der Waals surface area contributed by atoms with Crippen molar-refractivity contribution in [2.75, 3.05) is 33.2 Å². The summed E-state index contributed by atoms with van der Waals surface area (Å²) in [4.78, 5) is 5.06. The molecule has 2 nitrogen and oxygen atoms in total. The molecule has 2 heteroatoms. The SMILES string of the molecule is CCN(C)CC1CCCCN1CC. The first-order valence-electron chi connectivity index (χ1n) is 5.70. The molecular weight excluding hydrogens is 160 g/mol. The highest BCUT2D eigenvalue weighted by Gasteiger charge is 2.21. The Labute approximate surface area is 82.9 Å². The normalized spacial score (nSPS) is 25.4. The number of hydrogen-bond donors (Lipinski definition) is 0. The Kier molecular flexibility index (Phi) is 4.74. The summed E-state index contributed by atoms with van der Waals surface area (Å²) in [5.41, 5.74) is 0. The van der Waals surface area contributed by atoms with Crippen LogP contribution in [0, 0.1) is 0 Å². The molecule has 0 aliphatic carbocycles. The number of rotatable bonds is 4. The summed E-state index contributed by atoms with van der Waals surface area (Å²) in [6, 6.07) is 0.823. The monoisotopic (exact) mass is 184 g/mol. The Morgan fingerprint density at radius 2 is 2.08 bits per heavy atom. The van der Waals surface area contributed by atoms with Gasteiger partial charge in [0.2, 0.25) is 0 Å². The average molecular weight is 184 g/mol. The maximum absolute atomic E-state index is 2.63. The van der Waals surface area contributed by atoms with Crippen molar-refractivity contribution < 1.29 is 0 Å². The van der Waals surface area contributed by atoms with Crippen molar-refractivity contribution >= 4 is 0 Å². The zero-order valence-corrected chi connectivity index (χ0v) is 9.42. The third kappa shape index (κ3) is 3.28. The van der Waals surface area contributed by atoms with Gasteiger partial charge in [0.05, 0.1) is 0 Å². The van der Waals surface area contributed by atoms with Gasteiger partial charge in [-0.25, -0.2) is 0 Å². The Morgan fingerprint density at radius 1 is 1.31 bits per heavy atom. The van der Waals surface area contributed by atoms with E-state index >= 15 is 0 Å². The molecule has 1 aliphatic rings. The van der Waals surface area contributed by atoms with E-state index in [-0.39, 0.29) is 0 Å². The van der Waals surface area contributed by atoms with E-state index < -0.39 is 0 Å². The third-order valence-corrected chi connectivity index (χ3v) is 3.22. The maximum Gasteiger partial charge on any atom is 0.0222 e. The van der Waals surface area contributed by atoms with Gasteiger partial charge >= 0.3 is 0 Å². The smallest absolute Gasteiger partial charge is 0.0222 e. The second-order valence-corrected chi connectivity index (χ2v) is 4.13. The fourth-order valence-corrected chi connectivity index (χ4v) is 2.17. The summed E-state index contributed by atoms with van der Waals surface area (Å²) in [6.45, 7) is 9.49. The molecule has 1 heterocycles. The van der Waals surface area contributed by atoms with Crippen molar-refractivity contribution in [3.8, 4) is 0 Å². The minimum Gasteiger partial charge on any atom is -0.305 e. The summed E-state index contributed by atoms with van der Waals surface area (Å²) in [7, 11) is 2.22. The van der Waals surface area contributed by atoms with Gasteiger partial charge in [0, 0.05) is 12.6 Å². The number of piperidine rings is 1. The lowest BCUT2D eigenvalue weighted by Gasteiger charge is -2.36. The molecule has 0 bridgehead atoms. The van der Waals surface area contributed by atoms with Crippen molar-refractivity contribution in [2.45, 2.75) is 39.2 Å². The molecule has 0 amide bonds. The minimum absolute atomic E-state index is 0.823. The van der Waals surface area contributed by atoms with Crippen LogP contribution in [0.3, 0.4) is 0 Å². The molecule has 1 rings (SSSR count). The van der Waals surface area contributed by atoms with E-state index in [4.69, 9.17) is 0 Å². The third-order valence-electron chi connectivity index (χ3n) is 3.22. The molecule has 1 unspecified atom stereocenters. The molecule has 0 aromatic heterocycles. The zero-order valence-electron chi connectivity index (χ0n) is 9.42. The number of likely N-dealkylation sites (tertiary alicyclic amines) is 1. The van der Waals surface area contributed by atoms with E-state index in [1.807, 2.05) is 0 Å². The van der Waals surface area contributed by atoms with Crippen molar-refractivity contribution in [1.82, 2.24) is 9.80 Å². The first-order valence-corrected chi connectivity index (χ1v) is 5.70. The predicted molar refractivity (Wildman–Crippen MR) is 58.1 cm³/mol. The average Bonchev–Trinajstić information content (AvgIpc) is 2.18. The Balaban J connectivity index is 2.35. The zero-order chi connectivity index (χ0) is 9.68. The van der Waals surface area contributed by atoms with Gasteiger partial charge in [-0.3, -0.25) is 4.90 Å². The summed E-state index contributed by atoms with van der Waals surface area (Å²) >= 11 is 0. The Morgan fingerprint density at radius 3 is 2.69 bits per heavy atom. The molecule has 1 fully saturated rings. The standard InChI is InChI=1S/C11H24N2/c1-4-12(3)10-11-8-6-7-9-13(11)5-2/h11H,4-10H2,1-3H3. The van der Waals surface area contributed by atoms with Gasteiger partial charge in [-0.05, 0) is 39.5 Å². The second-order valence-electron chi connectivity index (χ2n) is 4.13.